The van der Waals surface area contributed by atoms with Crippen molar-refractivity contribution in [2.45, 2.75) is 5.16 Å². The lowest BCUT2D eigenvalue weighted by Crippen LogP contribution is -2.14. The summed E-state index contributed by atoms with van der Waals surface area (Å²) in [7, 11) is 3.17. The standard InChI is InChI=1S/C28H24N4O5S/c1-34-22-14-15-24(35-2)23(17-22)32-27(25-9-6-16-36-25)30-31-28(32)38-18-26(33)29-19-10-12-21(13-11-19)37-20-7-4-3-5-8-20/h3-17H,18H2,1-2H3,(H,29,33). The summed E-state index contributed by atoms with van der Waals surface area (Å²) in [5.74, 6) is 3.54. The van der Waals surface area contributed by atoms with Crippen molar-refractivity contribution in [3.05, 3.63) is 91.2 Å². The number of nitrogens with one attached hydrogen (secondary N) is 1. The molecule has 5 aromatic rings. The minimum absolute atomic E-state index is 0.102. The first kappa shape index (κ1) is 25.0. The van der Waals surface area contributed by atoms with Gasteiger partial charge in [0.05, 0.1) is 31.9 Å². The Hall–Kier alpha value is -4.70. The molecular weight excluding hydrogens is 504 g/mol. The number of hydrogen-bond donors (Lipinski definition) is 1. The van der Waals surface area contributed by atoms with Crippen LogP contribution in [0.3, 0.4) is 0 Å². The van der Waals surface area contributed by atoms with Crippen LogP contribution in [0.25, 0.3) is 17.3 Å². The zero-order chi connectivity index (χ0) is 26.3. The molecule has 0 spiro atoms. The van der Waals surface area contributed by atoms with E-state index in [0.717, 1.165) is 5.75 Å². The van der Waals surface area contributed by atoms with E-state index in [4.69, 9.17) is 18.6 Å². The van der Waals surface area contributed by atoms with Gasteiger partial charge in [-0.25, -0.2) is 0 Å². The molecule has 2 heterocycles. The van der Waals surface area contributed by atoms with Crippen LogP contribution in [-0.4, -0.2) is 40.6 Å². The van der Waals surface area contributed by atoms with E-state index < -0.39 is 0 Å². The molecule has 10 heteroatoms. The summed E-state index contributed by atoms with van der Waals surface area (Å²) < 4.78 is 24.2. The van der Waals surface area contributed by atoms with Crippen molar-refractivity contribution in [1.82, 2.24) is 14.8 Å². The number of ether oxygens (including phenoxy) is 3. The number of aromatic nitrogens is 3. The third-order valence-electron chi connectivity index (χ3n) is 5.45. The second kappa shape index (κ2) is 11.6. The number of rotatable bonds is 10. The number of hydrogen-bond acceptors (Lipinski definition) is 8. The Balaban J connectivity index is 1.32. The van der Waals surface area contributed by atoms with Crippen molar-refractivity contribution >= 4 is 23.4 Å². The summed E-state index contributed by atoms with van der Waals surface area (Å²) in [5.41, 5.74) is 1.31. The number of carbonyl (C=O) groups excluding carboxylic acids is 1. The van der Waals surface area contributed by atoms with Gasteiger partial charge in [-0.1, -0.05) is 30.0 Å². The predicted molar refractivity (Wildman–Crippen MR) is 144 cm³/mol. The van der Waals surface area contributed by atoms with E-state index in [0.29, 0.717) is 45.4 Å². The van der Waals surface area contributed by atoms with Crippen LogP contribution in [0.2, 0.25) is 0 Å². The molecule has 9 nitrogen and oxygen atoms in total. The molecule has 3 aromatic carbocycles. The van der Waals surface area contributed by atoms with E-state index in [1.165, 1.54) is 11.8 Å². The second-order valence-corrected chi connectivity index (χ2v) is 8.88. The highest BCUT2D eigenvalue weighted by atomic mass is 32.2. The Morgan fingerprint density at radius 3 is 2.37 bits per heavy atom. The fourth-order valence-electron chi connectivity index (χ4n) is 3.68. The Kier molecular flexibility index (Phi) is 7.60. The molecule has 1 N–H and O–H groups in total. The molecule has 0 saturated heterocycles. The topological polar surface area (TPSA) is 101 Å². The Morgan fingerprint density at radius 1 is 0.895 bits per heavy atom. The number of amides is 1. The van der Waals surface area contributed by atoms with Crippen LogP contribution in [0.15, 0.2) is 101 Å². The van der Waals surface area contributed by atoms with E-state index in [1.807, 2.05) is 36.4 Å². The van der Waals surface area contributed by atoms with Gasteiger partial charge >= 0.3 is 0 Å². The van der Waals surface area contributed by atoms with Gasteiger partial charge in [0.15, 0.2) is 10.9 Å². The summed E-state index contributed by atoms with van der Waals surface area (Å²) in [4.78, 5) is 12.8. The molecule has 0 radical (unpaired) electrons. The van der Waals surface area contributed by atoms with Gasteiger partial charge in [0, 0.05) is 11.8 Å². The van der Waals surface area contributed by atoms with Crippen LogP contribution in [0.1, 0.15) is 0 Å². The average molecular weight is 529 g/mol. The normalized spacial score (nSPS) is 10.7. The van der Waals surface area contributed by atoms with Crippen molar-refractivity contribution in [3.8, 4) is 40.3 Å². The molecule has 0 unspecified atom stereocenters. The molecule has 0 aliphatic heterocycles. The van der Waals surface area contributed by atoms with Gasteiger partial charge in [0.1, 0.15) is 23.0 Å². The zero-order valence-electron chi connectivity index (χ0n) is 20.7. The minimum Gasteiger partial charge on any atom is -0.497 e. The fraction of sp³-hybridized carbons (Fsp3) is 0.107. The third kappa shape index (κ3) is 5.65. The van der Waals surface area contributed by atoms with Crippen molar-refractivity contribution in [1.29, 1.82) is 0 Å². The van der Waals surface area contributed by atoms with Gasteiger partial charge < -0.3 is 23.9 Å². The number of para-hydroxylation sites is 1. The number of nitrogens with zero attached hydrogens (tertiary/aromatic N) is 3. The summed E-state index contributed by atoms with van der Waals surface area (Å²) in [6, 6.07) is 25.7. The van der Waals surface area contributed by atoms with Crippen LogP contribution in [0.5, 0.6) is 23.0 Å². The summed E-state index contributed by atoms with van der Waals surface area (Å²) in [6.07, 6.45) is 1.56. The Morgan fingerprint density at radius 2 is 1.66 bits per heavy atom. The van der Waals surface area contributed by atoms with Crippen LogP contribution < -0.4 is 19.5 Å². The molecule has 1 amide bonds. The molecule has 5 rings (SSSR count). The lowest BCUT2D eigenvalue weighted by Gasteiger charge is -2.14. The Bertz CT molecular complexity index is 1500. The average Bonchev–Trinajstić information content (AvgIpc) is 3.63. The fourth-order valence-corrected chi connectivity index (χ4v) is 4.42. The lowest BCUT2D eigenvalue weighted by molar-refractivity contribution is -0.113. The maximum atomic E-state index is 12.8. The summed E-state index contributed by atoms with van der Waals surface area (Å²) >= 11 is 1.24. The highest BCUT2D eigenvalue weighted by Gasteiger charge is 2.22. The van der Waals surface area contributed by atoms with E-state index in [9.17, 15) is 4.79 Å². The highest BCUT2D eigenvalue weighted by molar-refractivity contribution is 7.99. The van der Waals surface area contributed by atoms with Crippen LogP contribution in [-0.2, 0) is 4.79 Å². The predicted octanol–water partition coefficient (Wildman–Crippen LogP) is 6.07. The Labute approximate surface area is 223 Å². The summed E-state index contributed by atoms with van der Waals surface area (Å²) in [5, 5.41) is 12.1. The van der Waals surface area contributed by atoms with Gasteiger partial charge in [0.2, 0.25) is 11.7 Å². The maximum Gasteiger partial charge on any atom is 0.234 e. The molecule has 38 heavy (non-hydrogen) atoms. The van der Waals surface area contributed by atoms with Crippen molar-refractivity contribution < 1.29 is 23.4 Å². The molecule has 0 bridgehead atoms. The van der Waals surface area contributed by atoms with Gasteiger partial charge in [0.25, 0.3) is 0 Å². The molecule has 0 aliphatic rings. The van der Waals surface area contributed by atoms with Crippen molar-refractivity contribution in [3.63, 3.8) is 0 Å². The third-order valence-corrected chi connectivity index (χ3v) is 6.38. The first-order valence-electron chi connectivity index (χ1n) is 11.6. The minimum atomic E-state index is -0.196. The number of thioether (sulfide) groups is 1. The number of benzene rings is 3. The molecule has 192 valence electrons. The largest absolute Gasteiger partial charge is 0.497 e. The van der Waals surface area contributed by atoms with Gasteiger partial charge in [-0.2, -0.15) is 0 Å². The molecule has 2 aromatic heterocycles. The summed E-state index contributed by atoms with van der Waals surface area (Å²) in [6.45, 7) is 0. The SMILES string of the molecule is COc1ccc(OC)c(-n2c(SCC(=O)Nc3ccc(Oc4ccccc4)cc3)nnc2-c2ccco2)c1. The van der Waals surface area contributed by atoms with Gasteiger partial charge in [-0.3, -0.25) is 9.36 Å². The van der Waals surface area contributed by atoms with Gasteiger partial charge in [-0.15, -0.1) is 10.2 Å². The quantitative estimate of drug-likeness (QED) is 0.218. The lowest BCUT2D eigenvalue weighted by atomic mass is 10.2. The molecule has 0 atom stereocenters. The van der Waals surface area contributed by atoms with Crippen LogP contribution >= 0.6 is 11.8 Å². The first-order valence-corrected chi connectivity index (χ1v) is 12.6. The van der Waals surface area contributed by atoms with E-state index >= 15 is 0 Å². The van der Waals surface area contributed by atoms with E-state index in [2.05, 4.69) is 15.5 Å². The zero-order valence-corrected chi connectivity index (χ0v) is 21.5. The molecule has 0 saturated carbocycles. The van der Waals surface area contributed by atoms with Crippen LogP contribution in [0, 0.1) is 0 Å². The van der Waals surface area contributed by atoms with E-state index in [1.54, 1.807) is 73.6 Å². The second-order valence-electron chi connectivity index (χ2n) is 7.93. The smallest absolute Gasteiger partial charge is 0.234 e. The number of methoxy groups -OCH3 is 2. The molecular formula is C28H24N4O5S. The molecule has 0 fully saturated rings. The highest BCUT2D eigenvalue weighted by Crippen LogP contribution is 2.35. The van der Waals surface area contributed by atoms with Crippen LogP contribution in [0.4, 0.5) is 5.69 Å². The molecule has 0 aliphatic carbocycles. The van der Waals surface area contributed by atoms with E-state index in [-0.39, 0.29) is 11.7 Å². The van der Waals surface area contributed by atoms with Crippen molar-refractivity contribution in [2.24, 2.45) is 0 Å². The number of anilines is 1. The first-order chi connectivity index (χ1) is 18.6. The monoisotopic (exact) mass is 528 g/mol. The number of furan rings is 1. The van der Waals surface area contributed by atoms with Gasteiger partial charge in [-0.05, 0) is 60.7 Å². The number of carbonyl (C=O) groups is 1. The maximum absolute atomic E-state index is 12.8. The van der Waals surface area contributed by atoms with Crippen molar-refractivity contribution in [2.75, 3.05) is 25.3 Å².